The molecule has 1 unspecified atom stereocenters. The lowest BCUT2D eigenvalue weighted by atomic mass is 10.1. The minimum Gasteiger partial charge on any atom is -0.370 e. The minimum absolute atomic E-state index is 0.0285. The fourth-order valence-electron chi connectivity index (χ4n) is 3.36. The van der Waals surface area contributed by atoms with Gasteiger partial charge in [0, 0.05) is 37.9 Å². The monoisotopic (exact) mass is 350 g/mol. The van der Waals surface area contributed by atoms with Gasteiger partial charge < -0.3 is 14.2 Å². The fourth-order valence-corrected chi connectivity index (χ4v) is 3.36. The molecule has 0 N–H and O–H groups in total. The summed E-state index contributed by atoms with van der Waals surface area (Å²) in [5.74, 6) is -0.0285. The molecule has 0 aromatic carbocycles. The Morgan fingerprint density at radius 1 is 1.27 bits per heavy atom. The first-order chi connectivity index (χ1) is 12.7. The van der Waals surface area contributed by atoms with Crippen LogP contribution >= 0.6 is 0 Å². The number of hydrogen-bond acceptors (Lipinski definition) is 4. The smallest absolute Gasteiger partial charge is 0.272 e. The molecule has 3 aromatic rings. The van der Waals surface area contributed by atoms with E-state index in [0.717, 1.165) is 36.1 Å². The number of rotatable bonds is 4. The summed E-state index contributed by atoms with van der Waals surface area (Å²) in [4.78, 5) is 23.6. The van der Waals surface area contributed by atoms with Gasteiger partial charge in [0.2, 0.25) is 0 Å². The fraction of sp³-hybridized carbons (Fsp3) is 0.350. The summed E-state index contributed by atoms with van der Waals surface area (Å²) in [7, 11) is 1.94. The average Bonchev–Trinajstić information content (AvgIpc) is 3.07. The molecule has 0 radical (unpaired) electrons. The Kier molecular flexibility index (Phi) is 4.67. The van der Waals surface area contributed by atoms with Crippen molar-refractivity contribution in [1.82, 2.24) is 19.4 Å². The number of ether oxygens (including phenoxy) is 1. The highest BCUT2D eigenvalue weighted by atomic mass is 16.5. The van der Waals surface area contributed by atoms with Crippen molar-refractivity contribution < 1.29 is 9.53 Å². The molecule has 0 spiro atoms. The number of carbonyl (C=O) groups is 1. The van der Waals surface area contributed by atoms with Gasteiger partial charge in [0.15, 0.2) is 0 Å². The SMILES string of the molecule is Cn1ccc2ccc(C(=O)N3CCCC(OCc4ccccn4)C3)nc21. The van der Waals surface area contributed by atoms with Crippen LogP contribution in [-0.2, 0) is 18.4 Å². The number of aromatic nitrogens is 3. The highest BCUT2D eigenvalue weighted by Crippen LogP contribution is 2.18. The second kappa shape index (κ2) is 7.25. The summed E-state index contributed by atoms with van der Waals surface area (Å²) in [6, 6.07) is 11.6. The van der Waals surface area contributed by atoms with Crippen LogP contribution < -0.4 is 0 Å². The van der Waals surface area contributed by atoms with Crippen LogP contribution in [0.2, 0.25) is 0 Å². The molecule has 6 heteroatoms. The van der Waals surface area contributed by atoms with Gasteiger partial charge in [-0.15, -0.1) is 0 Å². The Hall–Kier alpha value is -2.73. The van der Waals surface area contributed by atoms with Gasteiger partial charge in [0.25, 0.3) is 5.91 Å². The van der Waals surface area contributed by atoms with Gasteiger partial charge in [-0.05, 0) is 43.2 Å². The average molecular weight is 350 g/mol. The van der Waals surface area contributed by atoms with E-state index in [9.17, 15) is 4.79 Å². The van der Waals surface area contributed by atoms with Crippen LogP contribution in [0.3, 0.4) is 0 Å². The molecule has 1 aliphatic heterocycles. The predicted octanol–water partition coefficient (Wildman–Crippen LogP) is 2.79. The number of nitrogens with zero attached hydrogens (tertiary/aromatic N) is 4. The lowest BCUT2D eigenvalue weighted by Gasteiger charge is -2.32. The van der Waals surface area contributed by atoms with Crippen molar-refractivity contribution in [3.8, 4) is 0 Å². The molecular weight excluding hydrogens is 328 g/mol. The highest BCUT2D eigenvalue weighted by molar-refractivity contribution is 5.94. The third kappa shape index (κ3) is 3.46. The number of carbonyl (C=O) groups excluding carboxylic acids is 1. The summed E-state index contributed by atoms with van der Waals surface area (Å²) in [6.07, 6.45) is 5.65. The lowest BCUT2D eigenvalue weighted by molar-refractivity contribution is -0.00800. The van der Waals surface area contributed by atoms with E-state index in [-0.39, 0.29) is 12.0 Å². The molecule has 0 bridgehead atoms. The largest absolute Gasteiger partial charge is 0.370 e. The number of aryl methyl sites for hydroxylation is 1. The van der Waals surface area contributed by atoms with Gasteiger partial charge in [-0.25, -0.2) is 4.98 Å². The van der Waals surface area contributed by atoms with Crippen molar-refractivity contribution >= 4 is 16.9 Å². The minimum atomic E-state index is -0.0285. The second-order valence-corrected chi connectivity index (χ2v) is 6.68. The van der Waals surface area contributed by atoms with Gasteiger partial charge in [0.1, 0.15) is 11.3 Å². The van der Waals surface area contributed by atoms with Crippen molar-refractivity contribution in [2.75, 3.05) is 13.1 Å². The summed E-state index contributed by atoms with van der Waals surface area (Å²) in [6.45, 7) is 1.81. The number of likely N-dealkylation sites (tertiary alicyclic amines) is 1. The first-order valence-electron chi connectivity index (χ1n) is 8.93. The summed E-state index contributed by atoms with van der Waals surface area (Å²) in [5, 5.41) is 1.04. The number of hydrogen-bond donors (Lipinski definition) is 0. The van der Waals surface area contributed by atoms with E-state index >= 15 is 0 Å². The van der Waals surface area contributed by atoms with Gasteiger partial charge in [-0.2, -0.15) is 0 Å². The molecule has 1 saturated heterocycles. The Balaban J connectivity index is 1.42. The first kappa shape index (κ1) is 16.7. The number of fused-ring (bicyclic) bond motifs is 1. The zero-order valence-electron chi connectivity index (χ0n) is 14.8. The van der Waals surface area contributed by atoms with Crippen LogP contribution in [0, 0.1) is 0 Å². The van der Waals surface area contributed by atoms with Gasteiger partial charge in [-0.1, -0.05) is 6.07 Å². The Morgan fingerprint density at radius 2 is 2.19 bits per heavy atom. The van der Waals surface area contributed by atoms with Crippen LogP contribution in [-0.4, -0.2) is 44.5 Å². The molecule has 0 aliphatic carbocycles. The zero-order chi connectivity index (χ0) is 17.9. The molecule has 1 aliphatic rings. The maximum Gasteiger partial charge on any atom is 0.272 e. The van der Waals surface area contributed by atoms with Crippen molar-refractivity contribution in [3.63, 3.8) is 0 Å². The van der Waals surface area contributed by atoms with E-state index in [0.29, 0.717) is 18.8 Å². The van der Waals surface area contributed by atoms with Crippen LogP contribution in [0.25, 0.3) is 11.0 Å². The molecular formula is C20H22N4O2. The van der Waals surface area contributed by atoms with Crippen molar-refractivity contribution in [3.05, 3.63) is 60.2 Å². The molecule has 1 atom stereocenters. The summed E-state index contributed by atoms with van der Waals surface area (Å²) in [5.41, 5.74) is 2.23. The van der Waals surface area contributed by atoms with Crippen LogP contribution in [0.15, 0.2) is 48.8 Å². The van der Waals surface area contributed by atoms with Gasteiger partial charge in [0.05, 0.1) is 18.4 Å². The van der Waals surface area contributed by atoms with Crippen LogP contribution in [0.5, 0.6) is 0 Å². The van der Waals surface area contributed by atoms with Gasteiger partial charge in [-0.3, -0.25) is 9.78 Å². The van der Waals surface area contributed by atoms with E-state index in [1.54, 1.807) is 6.20 Å². The zero-order valence-corrected chi connectivity index (χ0v) is 14.8. The van der Waals surface area contributed by atoms with Crippen LogP contribution in [0.1, 0.15) is 29.0 Å². The second-order valence-electron chi connectivity index (χ2n) is 6.68. The van der Waals surface area contributed by atoms with E-state index in [2.05, 4.69) is 9.97 Å². The Morgan fingerprint density at radius 3 is 3.04 bits per heavy atom. The molecule has 134 valence electrons. The number of pyridine rings is 2. The van der Waals surface area contributed by atoms with Gasteiger partial charge >= 0.3 is 0 Å². The molecule has 3 aromatic heterocycles. The number of amides is 1. The maximum absolute atomic E-state index is 12.9. The normalized spacial score (nSPS) is 17.6. The summed E-state index contributed by atoms with van der Waals surface area (Å²) >= 11 is 0. The topological polar surface area (TPSA) is 60.2 Å². The Labute approximate surface area is 152 Å². The van der Waals surface area contributed by atoms with Crippen molar-refractivity contribution in [2.24, 2.45) is 7.05 Å². The van der Waals surface area contributed by atoms with Crippen molar-refractivity contribution in [1.29, 1.82) is 0 Å². The Bertz CT molecular complexity index is 907. The standard InChI is InChI=1S/C20H22N4O2/c1-23-12-9-15-7-8-18(22-19(15)23)20(25)24-11-4-6-17(13-24)26-14-16-5-2-3-10-21-16/h2-3,5,7-10,12,17H,4,6,11,13-14H2,1H3. The third-order valence-electron chi connectivity index (χ3n) is 4.79. The first-order valence-corrected chi connectivity index (χ1v) is 8.93. The molecule has 6 nitrogen and oxygen atoms in total. The molecule has 1 amide bonds. The molecule has 26 heavy (non-hydrogen) atoms. The third-order valence-corrected chi connectivity index (χ3v) is 4.79. The van der Waals surface area contributed by atoms with Crippen LogP contribution in [0.4, 0.5) is 0 Å². The molecule has 4 rings (SSSR count). The van der Waals surface area contributed by atoms with E-state index < -0.39 is 0 Å². The molecule has 1 fully saturated rings. The van der Waals surface area contributed by atoms with E-state index in [4.69, 9.17) is 4.74 Å². The van der Waals surface area contributed by atoms with E-state index in [1.807, 2.05) is 59.1 Å². The molecule has 0 saturated carbocycles. The van der Waals surface area contributed by atoms with E-state index in [1.165, 1.54) is 0 Å². The quantitative estimate of drug-likeness (QED) is 0.726. The summed E-state index contributed by atoms with van der Waals surface area (Å²) < 4.78 is 7.91. The predicted molar refractivity (Wildman–Crippen MR) is 98.7 cm³/mol. The highest BCUT2D eigenvalue weighted by Gasteiger charge is 2.26. The molecule has 4 heterocycles. The number of piperidine rings is 1. The van der Waals surface area contributed by atoms with Crippen molar-refractivity contribution in [2.45, 2.75) is 25.6 Å². The lowest BCUT2D eigenvalue weighted by Crippen LogP contribution is -2.43. The maximum atomic E-state index is 12.9.